The zero-order valence-corrected chi connectivity index (χ0v) is 14.0. The largest absolute Gasteiger partial charge is 0.472 e. The van der Waals surface area contributed by atoms with E-state index in [1.54, 1.807) is 24.8 Å². The molecule has 0 aliphatic carbocycles. The maximum absolute atomic E-state index is 12.1. The summed E-state index contributed by atoms with van der Waals surface area (Å²) in [7, 11) is 0. The highest BCUT2D eigenvalue weighted by molar-refractivity contribution is 7.98. The van der Waals surface area contributed by atoms with Gasteiger partial charge in [-0.3, -0.25) is 9.59 Å². The molecule has 2 amide bonds. The van der Waals surface area contributed by atoms with E-state index in [0.717, 1.165) is 12.2 Å². The van der Waals surface area contributed by atoms with Crippen LogP contribution in [0, 0.1) is 0 Å². The van der Waals surface area contributed by atoms with Crippen molar-refractivity contribution in [1.29, 1.82) is 0 Å². The normalized spacial score (nSPS) is 11.7. The zero-order chi connectivity index (χ0) is 16.7. The summed E-state index contributed by atoms with van der Waals surface area (Å²) < 4.78 is 4.85. The van der Waals surface area contributed by atoms with Gasteiger partial charge in [-0.25, -0.2) is 0 Å². The van der Waals surface area contributed by atoms with E-state index in [9.17, 15) is 9.59 Å². The molecule has 0 radical (unpaired) electrons. The molecule has 2 N–H and O–H groups in total. The van der Waals surface area contributed by atoms with Gasteiger partial charge in [0.2, 0.25) is 5.91 Å². The fourth-order valence-electron chi connectivity index (χ4n) is 1.96. The van der Waals surface area contributed by atoms with Crippen molar-refractivity contribution in [2.24, 2.45) is 0 Å². The molecule has 0 saturated carbocycles. The summed E-state index contributed by atoms with van der Waals surface area (Å²) in [6.07, 6.45) is 5.84. The van der Waals surface area contributed by atoms with Gasteiger partial charge in [0.25, 0.3) is 5.91 Å². The SMILES string of the molecule is CSCCc1ccc(NC(=O)C(C)NC(=O)c2ccoc2)cc1. The quantitative estimate of drug-likeness (QED) is 0.818. The average Bonchev–Trinajstić information content (AvgIpc) is 3.08. The highest BCUT2D eigenvalue weighted by atomic mass is 32.2. The number of anilines is 1. The monoisotopic (exact) mass is 332 g/mol. The van der Waals surface area contributed by atoms with Crippen LogP contribution in [0.3, 0.4) is 0 Å². The van der Waals surface area contributed by atoms with E-state index in [1.807, 2.05) is 24.3 Å². The van der Waals surface area contributed by atoms with Crippen molar-refractivity contribution in [3.05, 3.63) is 54.0 Å². The molecule has 1 aromatic carbocycles. The molecule has 0 spiro atoms. The number of furan rings is 1. The lowest BCUT2D eigenvalue weighted by atomic mass is 10.1. The van der Waals surface area contributed by atoms with Crippen LogP contribution in [-0.4, -0.2) is 29.9 Å². The van der Waals surface area contributed by atoms with Crippen molar-refractivity contribution in [3.63, 3.8) is 0 Å². The minimum absolute atomic E-state index is 0.265. The van der Waals surface area contributed by atoms with Crippen LogP contribution in [0.15, 0.2) is 47.3 Å². The predicted molar refractivity (Wildman–Crippen MR) is 92.8 cm³/mol. The smallest absolute Gasteiger partial charge is 0.255 e. The van der Waals surface area contributed by atoms with Gasteiger partial charge in [-0.1, -0.05) is 12.1 Å². The number of nitrogens with one attached hydrogen (secondary N) is 2. The Hall–Kier alpha value is -2.21. The van der Waals surface area contributed by atoms with Crippen LogP contribution in [0.5, 0.6) is 0 Å². The van der Waals surface area contributed by atoms with Crippen LogP contribution >= 0.6 is 11.8 Å². The number of carbonyl (C=O) groups excluding carboxylic acids is 2. The van der Waals surface area contributed by atoms with E-state index in [4.69, 9.17) is 4.42 Å². The third-order valence-electron chi connectivity index (χ3n) is 3.34. The van der Waals surface area contributed by atoms with Crippen molar-refractivity contribution < 1.29 is 14.0 Å². The summed E-state index contributed by atoms with van der Waals surface area (Å²) in [6.45, 7) is 1.64. The molecule has 1 aromatic heterocycles. The first-order valence-corrected chi connectivity index (χ1v) is 8.71. The molecule has 2 rings (SSSR count). The highest BCUT2D eigenvalue weighted by Gasteiger charge is 2.17. The van der Waals surface area contributed by atoms with E-state index >= 15 is 0 Å². The molecule has 0 saturated heterocycles. The lowest BCUT2D eigenvalue weighted by Crippen LogP contribution is -2.41. The number of hydrogen-bond acceptors (Lipinski definition) is 4. The second-order valence-electron chi connectivity index (χ2n) is 5.14. The van der Waals surface area contributed by atoms with Gasteiger partial charge in [-0.2, -0.15) is 11.8 Å². The van der Waals surface area contributed by atoms with Crippen LogP contribution in [0.2, 0.25) is 0 Å². The zero-order valence-electron chi connectivity index (χ0n) is 13.2. The molecule has 2 aromatic rings. The van der Waals surface area contributed by atoms with Gasteiger partial charge in [-0.05, 0) is 49.1 Å². The average molecular weight is 332 g/mol. The summed E-state index contributed by atoms with van der Waals surface area (Å²) in [5.41, 5.74) is 2.34. The van der Waals surface area contributed by atoms with Gasteiger partial charge in [0.1, 0.15) is 12.3 Å². The van der Waals surface area contributed by atoms with Gasteiger partial charge in [0.15, 0.2) is 0 Å². The Balaban J connectivity index is 1.86. The van der Waals surface area contributed by atoms with Crippen molar-refractivity contribution in [2.45, 2.75) is 19.4 Å². The summed E-state index contributed by atoms with van der Waals surface area (Å²) in [6, 6.07) is 8.65. The van der Waals surface area contributed by atoms with Gasteiger partial charge in [0.05, 0.1) is 11.8 Å². The van der Waals surface area contributed by atoms with Gasteiger partial charge < -0.3 is 15.1 Å². The molecule has 1 atom stereocenters. The van der Waals surface area contributed by atoms with E-state index in [0.29, 0.717) is 11.3 Å². The summed E-state index contributed by atoms with van der Waals surface area (Å²) in [5, 5.41) is 5.42. The molecule has 23 heavy (non-hydrogen) atoms. The van der Waals surface area contributed by atoms with E-state index < -0.39 is 6.04 Å². The molecule has 1 heterocycles. The lowest BCUT2D eigenvalue weighted by Gasteiger charge is -2.14. The maximum Gasteiger partial charge on any atom is 0.255 e. The first-order valence-electron chi connectivity index (χ1n) is 7.32. The third kappa shape index (κ3) is 5.17. The van der Waals surface area contributed by atoms with E-state index in [2.05, 4.69) is 16.9 Å². The molecule has 0 fully saturated rings. The lowest BCUT2D eigenvalue weighted by molar-refractivity contribution is -0.117. The second-order valence-corrected chi connectivity index (χ2v) is 6.12. The maximum atomic E-state index is 12.1. The fourth-order valence-corrected chi connectivity index (χ4v) is 2.40. The number of rotatable bonds is 7. The Morgan fingerprint density at radius 1 is 1.22 bits per heavy atom. The molecular formula is C17H20N2O3S. The minimum Gasteiger partial charge on any atom is -0.472 e. The van der Waals surface area contributed by atoms with Crippen molar-refractivity contribution >= 4 is 29.3 Å². The third-order valence-corrected chi connectivity index (χ3v) is 3.95. The summed E-state index contributed by atoms with van der Waals surface area (Å²) in [5.74, 6) is 0.468. The van der Waals surface area contributed by atoms with Crippen molar-refractivity contribution in [3.8, 4) is 0 Å². The second kappa shape index (κ2) is 8.43. The Morgan fingerprint density at radius 2 is 1.96 bits per heavy atom. The molecule has 1 unspecified atom stereocenters. The Kier molecular flexibility index (Phi) is 6.29. The van der Waals surface area contributed by atoms with E-state index in [-0.39, 0.29) is 11.8 Å². The molecular weight excluding hydrogens is 312 g/mol. The first kappa shape index (κ1) is 17.1. The van der Waals surface area contributed by atoms with Gasteiger partial charge in [-0.15, -0.1) is 0 Å². The molecule has 0 aliphatic heterocycles. The minimum atomic E-state index is -0.645. The van der Waals surface area contributed by atoms with E-state index in [1.165, 1.54) is 18.1 Å². The fraction of sp³-hybridized carbons (Fsp3) is 0.294. The first-order chi connectivity index (χ1) is 11.1. The molecule has 0 bridgehead atoms. The summed E-state index contributed by atoms with van der Waals surface area (Å²) in [4.78, 5) is 24.0. The number of amides is 2. The Labute approximate surface area is 139 Å². The van der Waals surface area contributed by atoms with Crippen LogP contribution in [-0.2, 0) is 11.2 Å². The Bertz CT molecular complexity index is 638. The number of hydrogen-bond donors (Lipinski definition) is 2. The number of aryl methyl sites for hydroxylation is 1. The predicted octanol–water partition coefficient (Wildman–Crippen LogP) is 2.94. The van der Waals surface area contributed by atoms with Crippen molar-refractivity contribution in [2.75, 3.05) is 17.3 Å². The van der Waals surface area contributed by atoms with Crippen LogP contribution in [0.25, 0.3) is 0 Å². The number of carbonyl (C=O) groups is 2. The van der Waals surface area contributed by atoms with Gasteiger partial charge in [0, 0.05) is 5.69 Å². The molecule has 5 nitrogen and oxygen atoms in total. The van der Waals surface area contributed by atoms with Crippen molar-refractivity contribution in [1.82, 2.24) is 5.32 Å². The molecule has 6 heteroatoms. The Morgan fingerprint density at radius 3 is 2.57 bits per heavy atom. The van der Waals surface area contributed by atoms with Crippen LogP contribution in [0.4, 0.5) is 5.69 Å². The standard InChI is InChI=1S/C17H20N2O3S/c1-12(18-17(21)14-7-9-22-11-14)16(20)19-15-5-3-13(4-6-15)8-10-23-2/h3-7,9,11-12H,8,10H2,1-2H3,(H,18,21)(H,19,20). The number of benzene rings is 1. The highest BCUT2D eigenvalue weighted by Crippen LogP contribution is 2.12. The topological polar surface area (TPSA) is 71.3 Å². The van der Waals surface area contributed by atoms with Crippen LogP contribution in [0.1, 0.15) is 22.8 Å². The summed E-state index contributed by atoms with van der Waals surface area (Å²) >= 11 is 1.80. The van der Waals surface area contributed by atoms with Gasteiger partial charge >= 0.3 is 0 Å². The molecule has 0 aliphatic rings. The molecule has 122 valence electrons. The number of thioether (sulfide) groups is 1. The van der Waals surface area contributed by atoms with Crippen LogP contribution < -0.4 is 10.6 Å².